The van der Waals surface area contributed by atoms with Crippen molar-refractivity contribution in [2.45, 2.75) is 69.7 Å². The number of fused-ring (bicyclic) bond motifs is 4. The molecule has 2 aromatic rings. The van der Waals surface area contributed by atoms with Gasteiger partial charge in [0.1, 0.15) is 12.2 Å². The number of nitrogens with zero attached hydrogens (tertiary/aromatic N) is 1. The van der Waals surface area contributed by atoms with E-state index in [4.69, 9.17) is 28.2 Å². The summed E-state index contributed by atoms with van der Waals surface area (Å²) in [5.41, 5.74) is 0. The molecule has 190 valence electrons. The molecule has 3 aliphatic heterocycles. The van der Waals surface area contributed by atoms with Gasteiger partial charge < -0.3 is 28.2 Å². The van der Waals surface area contributed by atoms with E-state index in [0.29, 0.717) is 19.8 Å². The molecule has 35 heavy (non-hydrogen) atoms. The zero-order valence-electron chi connectivity index (χ0n) is 21.3. The average molecular weight is 500 g/mol. The van der Waals surface area contributed by atoms with E-state index in [1.165, 1.54) is 10.4 Å². The summed E-state index contributed by atoms with van der Waals surface area (Å²) in [6, 6.07) is 21.1. The Morgan fingerprint density at radius 3 is 2.14 bits per heavy atom. The molecule has 0 saturated carbocycles. The smallest absolute Gasteiger partial charge is 0.261 e. The summed E-state index contributed by atoms with van der Waals surface area (Å²) in [6.45, 7) is 10.3. The van der Waals surface area contributed by atoms with Gasteiger partial charge in [0.2, 0.25) is 0 Å². The summed E-state index contributed by atoms with van der Waals surface area (Å²) in [6.07, 6.45) is -1.80. The highest BCUT2D eigenvalue weighted by Crippen LogP contribution is 2.43. The Kier molecular flexibility index (Phi) is 7.18. The lowest BCUT2D eigenvalue weighted by Crippen LogP contribution is -2.74. The molecule has 0 N–H and O–H groups in total. The first-order valence-electron chi connectivity index (χ1n) is 12.5. The summed E-state index contributed by atoms with van der Waals surface area (Å²) in [4.78, 5) is 5.90. The van der Waals surface area contributed by atoms with Crippen LogP contribution in [0.15, 0.2) is 60.7 Å². The van der Waals surface area contributed by atoms with E-state index in [0.717, 1.165) is 0 Å². The van der Waals surface area contributed by atoms with Crippen LogP contribution < -0.4 is 10.4 Å². The van der Waals surface area contributed by atoms with Crippen molar-refractivity contribution in [3.63, 3.8) is 0 Å². The van der Waals surface area contributed by atoms with Crippen LogP contribution in [0.1, 0.15) is 27.7 Å². The third kappa shape index (κ3) is 4.40. The lowest BCUT2D eigenvalue weighted by molar-refractivity contribution is -0.355. The van der Waals surface area contributed by atoms with Gasteiger partial charge >= 0.3 is 0 Å². The second kappa shape index (κ2) is 10.0. The third-order valence-corrected chi connectivity index (χ3v) is 12.4. The Balaban J connectivity index is 1.61. The van der Waals surface area contributed by atoms with Gasteiger partial charge in [-0.05, 0) is 22.3 Å². The Labute approximate surface area is 209 Å². The molecule has 2 aromatic carbocycles. The SMILES string of the molecule is CCO[C@@H]1CN(OC)[C@@H]2[C@H](O1)[C@@H]1OC[C@@H](O1)[C@H]2O[Si](c1ccccc1)(c1ccccc1)C(C)(C)C. The summed E-state index contributed by atoms with van der Waals surface area (Å²) in [5.74, 6) is 0. The van der Waals surface area contributed by atoms with Crippen LogP contribution in [0.25, 0.3) is 0 Å². The quantitative estimate of drug-likeness (QED) is 0.543. The lowest BCUT2D eigenvalue weighted by Gasteiger charge is -2.53. The average Bonchev–Trinajstić information content (AvgIpc) is 3.30. The molecule has 3 fully saturated rings. The number of hydroxylamine groups is 2. The van der Waals surface area contributed by atoms with E-state index in [-0.39, 0.29) is 29.4 Å². The molecule has 0 amide bonds. The normalized spacial score (nSPS) is 31.3. The van der Waals surface area contributed by atoms with Crippen LogP contribution in [-0.4, -0.2) is 77.2 Å². The van der Waals surface area contributed by atoms with Gasteiger partial charge in [-0.25, -0.2) is 0 Å². The van der Waals surface area contributed by atoms with Crippen molar-refractivity contribution < 1.29 is 28.2 Å². The maximum absolute atomic E-state index is 7.53. The topological polar surface area (TPSA) is 58.6 Å². The number of morpholine rings is 1. The lowest BCUT2D eigenvalue weighted by atomic mass is 9.96. The van der Waals surface area contributed by atoms with E-state index < -0.39 is 20.9 Å². The van der Waals surface area contributed by atoms with Crippen LogP contribution in [0.4, 0.5) is 0 Å². The first-order chi connectivity index (χ1) is 16.9. The molecule has 0 unspecified atom stereocenters. The first-order valence-corrected chi connectivity index (χ1v) is 14.4. The zero-order chi connectivity index (χ0) is 24.6. The molecule has 8 heteroatoms. The van der Waals surface area contributed by atoms with Gasteiger partial charge in [0.15, 0.2) is 12.6 Å². The summed E-state index contributed by atoms with van der Waals surface area (Å²) in [7, 11) is -1.13. The predicted octanol–water partition coefficient (Wildman–Crippen LogP) is 2.68. The summed E-state index contributed by atoms with van der Waals surface area (Å²) < 4.78 is 32.1. The summed E-state index contributed by atoms with van der Waals surface area (Å²) >= 11 is 0. The van der Waals surface area contributed by atoms with Crippen molar-refractivity contribution in [1.29, 1.82) is 0 Å². The minimum absolute atomic E-state index is 0.164. The molecule has 0 aliphatic carbocycles. The van der Waals surface area contributed by atoms with Crippen LogP contribution in [-0.2, 0) is 28.2 Å². The number of hydrogen-bond donors (Lipinski definition) is 0. The van der Waals surface area contributed by atoms with Crippen LogP contribution in [0.5, 0.6) is 0 Å². The van der Waals surface area contributed by atoms with Gasteiger partial charge in [-0.2, -0.15) is 5.06 Å². The molecule has 3 saturated heterocycles. The van der Waals surface area contributed by atoms with Crippen molar-refractivity contribution in [3.8, 4) is 0 Å². The molecule has 6 atom stereocenters. The van der Waals surface area contributed by atoms with E-state index in [1.807, 2.05) is 12.0 Å². The molecule has 3 heterocycles. The van der Waals surface area contributed by atoms with Crippen molar-refractivity contribution in [1.82, 2.24) is 5.06 Å². The van der Waals surface area contributed by atoms with Gasteiger partial charge in [-0.3, -0.25) is 0 Å². The Morgan fingerprint density at radius 1 is 0.971 bits per heavy atom. The van der Waals surface area contributed by atoms with Crippen molar-refractivity contribution >= 4 is 18.7 Å². The van der Waals surface area contributed by atoms with Gasteiger partial charge in [0.05, 0.1) is 32.4 Å². The van der Waals surface area contributed by atoms with Crippen LogP contribution >= 0.6 is 0 Å². The molecule has 0 aromatic heterocycles. The number of rotatable bonds is 7. The molecule has 3 aliphatic rings. The molecular formula is C27H37NO6Si. The maximum Gasteiger partial charge on any atom is 0.261 e. The number of benzene rings is 2. The predicted molar refractivity (Wildman–Crippen MR) is 135 cm³/mol. The Bertz CT molecular complexity index is 931. The maximum atomic E-state index is 7.53. The van der Waals surface area contributed by atoms with E-state index in [1.54, 1.807) is 7.11 Å². The van der Waals surface area contributed by atoms with E-state index >= 15 is 0 Å². The highest BCUT2D eigenvalue weighted by molar-refractivity contribution is 6.99. The molecule has 0 radical (unpaired) electrons. The largest absolute Gasteiger partial charge is 0.400 e. The van der Waals surface area contributed by atoms with Gasteiger partial charge in [-0.1, -0.05) is 81.4 Å². The van der Waals surface area contributed by atoms with Crippen LogP contribution in [0, 0.1) is 0 Å². The fraction of sp³-hybridized carbons (Fsp3) is 0.556. The fourth-order valence-corrected chi connectivity index (χ4v) is 10.5. The molecule has 2 bridgehead atoms. The van der Waals surface area contributed by atoms with Crippen LogP contribution in [0.2, 0.25) is 5.04 Å². The monoisotopic (exact) mass is 499 g/mol. The van der Waals surface area contributed by atoms with Gasteiger partial charge in [-0.15, -0.1) is 0 Å². The molecule has 0 spiro atoms. The minimum Gasteiger partial charge on any atom is -0.400 e. The molecule has 5 rings (SSSR count). The van der Waals surface area contributed by atoms with E-state index in [2.05, 4.69) is 81.4 Å². The first kappa shape index (κ1) is 25.0. The Hall–Kier alpha value is -1.62. The van der Waals surface area contributed by atoms with Crippen molar-refractivity contribution in [2.75, 3.05) is 26.9 Å². The summed E-state index contributed by atoms with van der Waals surface area (Å²) in [5, 5.41) is 4.24. The fourth-order valence-electron chi connectivity index (χ4n) is 5.83. The Morgan fingerprint density at radius 2 is 1.60 bits per heavy atom. The van der Waals surface area contributed by atoms with Crippen molar-refractivity contribution in [3.05, 3.63) is 60.7 Å². The van der Waals surface area contributed by atoms with Gasteiger partial charge in [0.25, 0.3) is 8.32 Å². The molecule has 7 nitrogen and oxygen atoms in total. The number of ether oxygens (including phenoxy) is 4. The van der Waals surface area contributed by atoms with Crippen molar-refractivity contribution in [2.24, 2.45) is 0 Å². The molecular weight excluding hydrogens is 462 g/mol. The minimum atomic E-state index is -2.83. The van der Waals surface area contributed by atoms with Crippen LogP contribution in [0.3, 0.4) is 0 Å². The zero-order valence-corrected chi connectivity index (χ0v) is 22.3. The van der Waals surface area contributed by atoms with Gasteiger partial charge in [0, 0.05) is 6.61 Å². The highest BCUT2D eigenvalue weighted by atomic mass is 28.4. The van der Waals surface area contributed by atoms with E-state index in [9.17, 15) is 0 Å². The second-order valence-corrected chi connectivity index (χ2v) is 14.6. The third-order valence-electron chi connectivity index (χ3n) is 7.33. The standard InChI is InChI=1S/C27H37NO6Si/c1-6-30-22-17-28(29-5)23-24(21-18-31-26(32-21)25(23)33-22)34-35(27(2,3)4,19-13-9-7-10-14-19)20-15-11-8-12-16-20/h7-16,21-26H,6,17-18H2,1-5H3/t21-,22+,23+,24-,25+,26-/m1/s1. The highest BCUT2D eigenvalue weighted by Gasteiger charge is 2.61. The number of hydrogen-bond acceptors (Lipinski definition) is 7. The second-order valence-electron chi connectivity index (χ2n) is 10.4.